The second kappa shape index (κ2) is 10.7. The zero-order valence-corrected chi connectivity index (χ0v) is 9.31. The summed E-state index contributed by atoms with van der Waals surface area (Å²) in [7, 11) is 0. The number of hydrogen-bond donors (Lipinski definition) is 0. The van der Waals surface area contributed by atoms with Crippen LogP contribution in [0.15, 0.2) is 30.3 Å². The summed E-state index contributed by atoms with van der Waals surface area (Å²) in [6.07, 6.45) is 4.45. The smallest absolute Gasteiger partial charge is 0.793 e. The molecule has 13 heavy (non-hydrogen) atoms. The van der Waals surface area contributed by atoms with Crippen LogP contribution in [0.3, 0.4) is 0 Å². The summed E-state index contributed by atoms with van der Waals surface area (Å²) < 4.78 is 0. The summed E-state index contributed by atoms with van der Waals surface area (Å²) in [4.78, 5) is 0. The van der Waals surface area contributed by atoms with Crippen molar-refractivity contribution in [2.75, 3.05) is 5.75 Å². The van der Waals surface area contributed by atoms with Gasteiger partial charge in [-0.1, -0.05) is 18.9 Å². The van der Waals surface area contributed by atoms with E-state index in [0.717, 1.165) is 18.6 Å². The van der Waals surface area contributed by atoms with E-state index in [1.807, 2.05) is 6.07 Å². The molecule has 0 fully saturated rings. The molecule has 0 amide bonds. The van der Waals surface area contributed by atoms with Gasteiger partial charge in [0.25, 0.3) is 0 Å². The Morgan fingerprint density at radius 3 is 2.23 bits per heavy atom. The molecular weight excluding hydrogens is 166 g/mol. The summed E-state index contributed by atoms with van der Waals surface area (Å²) >= 11 is 4.85. The monoisotopic (exact) mass is 178 g/mol. The Balaban J connectivity index is 0. The molecule has 0 N–H and O–H groups in total. The third-order valence-electron chi connectivity index (χ3n) is 1.53. The first-order chi connectivity index (χ1) is 5.43. The molecule has 60 valence electrons. The summed E-state index contributed by atoms with van der Waals surface area (Å²) in [5.74, 6) is 0.864. The topological polar surface area (TPSA) is 0 Å². The first-order valence-corrected chi connectivity index (χ1v) is 4.47. The van der Waals surface area contributed by atoms with E-state index < -0.39 is 0 Å². The minimum absolute atomic E-state index is 0. The Bertz CT molecular complexity index is 189. The number of rotatable bonds is 4. The van der Waals surface area contributed by atoms with Gasteiger partial charge in [0, 0.05) is 0 Å². The van der Waals surface area contributed by atoms with E-state index in [2.05, 4.69) is 30.7 Å². The Labute approximate surface area is 111 Å². The van der Waals surface area contributed by atoms with Gasteiger partial charge in [-0.15, -0.1) is 12.1 Å². The van der Waals surface area contributed by atoms with Gasteiger partial charge in [0.1, 0.15) is 0 Å². The van der Waals surface area contributed by atoms with Gasteiger partial charge in [-0.2, -0.15) is 29.9 Å². The van der Waals surface area contributed by atoms with E-state index in [4.69, 9.17) is 12.6 Å². The number of hydrogen-bond acceptors (Lipinski definition) is 1. The normalized spacial score (nSPS) is 8.08. The third kappa shape index (κ3) is 7.69. The van der Waals surface area contributed by atoms with Gasteiger partial charge in [0.15, 0.2) is 0 Å². The van der Waals surface area contributed by atoms with Crippen molar-refractivity contribution in [3.8, 4) is 0 Å². The number of unbranched alkanes of at least 4 members (excludes halogenated alkanes) is 1. The average molecular weight is 178 g/mol. The van der Waals surface area contributed by atoms with E-state index in [1.54, 1.807) is 0 Å². The fourth-order valence-electron chi connectivity index (χ4n) is 0.941. The van der Waals surface area contributed by atoms with Crippen LogP contribution < -0.4 is 37.7 Å². The zero-order valence-electron chi connectivity index (χ0n) is 8.49. The molecule has 0 saturated carbocycles. The first kappa shape index (κ1) is 16.1. The van der Waals surface area contributed by atoms with E-state index in [1.165, 1.54) is 5.56 Å². The molecule has 0 heterocycles. The third-order valence-corrected chi connectivity index (χ3v) is 1.82. The minimum Gasteiger partial charge on any atom is -0.793 e. The maximum Gasteiger partial charge on any atom is 1.00 e. The van der Waals surface area contributed by atoms with Crippen molar-refractivity contribution in [1.82, 2.24) is 0 Å². The first-order valence-electron chi connectivity index (χ1n) is 3.90. The predicted molar refractivity (Wildman–Crippen MR) is 51.3 cm³/mol. The molecule has 0 unspecified atom stereocenters. The molecule has 0 aromatic heterocycles. The summed E-state index contributed by atoms with van der Waals surface area (Å²) in [5, 5.41) is 0. The van der Waals surface area contributed by atoms with Crippen molar-refractivity contribution in [2.45, 2.75) is 12.8 Å². The van der Waals surface area contributed by atoms with Crippen LogP contribution in [0.2, 0.25) is 0 Å². The fraction of sp³-hybridized carbons (Fsp3) is 0.300. The van der Waals surface area contributed by atoms with Crippen molar-refractivity contribution in [2.24, 2.45) is 0 Å². The van der Waals surface area contributed by atoms with Crippen molar-refractivity contribution in [3.05, 3.63) is 42.3 Å². The quantitative estimate of drug-likeness (QED) is 0.200. The van der Waals surface area contributed by atoms with Crippen molar-refractivity contribution >= 4 is 12.6 Å². The molecule has 0 nitrogen and oxygen atoms in total. The standard InChI is InChI=1S/C10H13S.2Li/c11-9-5-4-8-10-6-2-1-3-7-10;;/h1-3,6-8,11H,4-5,9H2;;/q-1;2*+1/p-1. The van der Waals surface area contributed by atoms with Gasteiger partial charge in [0.05, 0.1) is 0 Å². The molecule has 0 aliphatic heterocycles. The van der Waals surface area contributed by atoms with Gasteiger partial charge in [-0.25, -0.2) is 0 Å². The molecule has 1 aromatic rings. The maximum atomic E-state index is 4.85. The Kier molecular flexibility index (Phi) is 13.3. The molecule has 0 saturated heterocycles. The van der Waals surface area contributed by atoms with Gasteiger partial charge in [0.2, 0.25) is 0 Å². The molecule has 3 heteroatoms. The van der Waals surface area contributed by atoms with Gasteiger partial charge < -0.3 is 12.6 Å². The van der Waals surface area contributed by atoms with E-state index in [-0.39, 0.29) is 37.7 Å². The maximum absolute atomic E-state index is 4.85. The second-order valence-corrected chi connectivity index (χ2v) is 2.87. The van der Waals surface area contributed by atoms with Crippen LogP contribution in [0.5, 0.6) is 0 Å². The van der Waals surface area contributed by atoms with Crippen LogP contribution in [0, 0.1) is 6.42 Å². The van der Waals surface area contributed by atoms with Crippen LogP contribution in [0.25, 0.3) is 0 Å². The van der Waals surface area contributed by atoms with E-state index >= 15 is 0 Å². The SMILES string of the molecule is [Li+].[Li+].[S-]CCC[CH-]c1ccccc1. The largest absolute Gasteiger partial charge is 1.00 e. The van der Waals surface area contributed by atoms with Crippen molar-refractivity contribution in [1.29, 1.82) is 0 Å². The fourth-order valence-corrected chi connectivity index (χ4v) is 1.11. The second-order valence-electron chi connectivity index (χ2n) is 2.46. The Morgan fingerprint density at radius 1 is 1.08 bits per heavy atom. The number of benzene rings is 1. The van der Waals surface area contributed by atoms with Crippen LogP contribution >= 0.6 is 0 Å². The summed E-state index contributed by atoms with van der Waals surface area (Å²) in [5.41, 5.74) is 1.30. The molecule has 1 rings (SSSR count). The Morgan fingerprint density at radius 2 is 1.69 bits per heavy atom. The molecule has 0 atom stereocenters. The van der Waals surface area contributed by atoms with Crippen molar-refractivity contribution < 1.29 is 37.7 Å². The molecular formula is C10H12Li2S. The molecule has 1 aromatic carbocycles. The average Bonchev–Trinajstić information content (AvgIpc) is 2.07. The van der Waals surface area contributed by atoms with E-state index in [0.29, 0.717) is 0 Å². The van der Waals surface area contributed by atoms with Crippen LogP contribution in [0.1, 0.15) is 18.4 Å². The predicted octanol–water partition coefficient (Wildman–Crippen LogP) is -3.43. The summed E-state index contributed by atoms with van der Waals surface area (Å²) in [6.45, 7) is 0. The van der Waals surface area contributed by atoms with Crippen LogP contribution in [0.4, 0.5) is 0 Å². The summed E-state index contributed by atoms with van der Waals surface area (Å²) in [6, 6.07) is 10.4. The molecule has 0 bridgehead atoms. The minimum atomic E-state index is 0. The van der Waals surface area contributed by atoms with Gasteiger partial charge in [-0.3, -0.25) is 0 Å². The van der Waals surface area contributed by atoms with Gasteiger partial charge >= 0.3 is 37.7 Å². The van der Waals surface area contributed by atoms with Crippen LogP contribution in [-0.4, -0.2) is 5.75 Å². The molecule has 0 aliphatic rings. The van der Waals surface area contributed by atoms with Crippen molar-refractivity contribution in [3.63, 3.8) is 0 Å². The molecule has 0 aliphatic carbocycles. The van der Waals surface area contributed by atoms with E-state index in [9.17, 15) is 0 Å². The Hall–Kier alpha value is 0.635. The van der Waals surface area contributed by atoms with Gasteiger partial charge in [-0.05, 0) is 0 Å². The molecule has 0 radical (unpaired) electrons. The zero-order chi connectivity index (χ0) is 7.94. The van der Waals surface area contributed by atoms with Crippen LogP contribution in [-0.2, 0) is 12.6 Å². The molecule has 0 spiro atoms.